The van der Waals surface area contributed by atoms with Crippen LogP contribution in [-0.4, -0.2) is 68.6 Å². The van der Waals surface area contributed by atoms with Gasteiger partial charge in [0.25, 0.3) is 5.91 Å². The molecule has 0 spiro atoms. The fraction of sp³-hybridized carbons (Fsp3) is 0.353. The Hall–Kier alpha value is -3.64. The minimum atomic E-state index is -3.68. The summed E-state index contributed by atoms with van der Waals surface area (Å²) in [6.07, 6.45) is 1.19. The van der Waals surface area contributed by atoms with Crippen LogP contribution in [0.15, 0.2) is 72.1 Å². The molecule has 244 valence electrons. The van der Waals surface area contributed by atoms with Gasteiger partial charge >= 0.3 is 0 Å². The third-order valence-electron chi connectivity index (χ3n) is 8.60. The number of fused-ring (bicyclic) bond motifs is 1. The molecular formula is C34H38ClN3O6S2. The molecule has 0 bridgehead atoms. The van der Waals surface area contributed by atoms with Crippen LogP contribution in [0.1, 0.15) is 47.7 Å². The van der Waals surface area contributed by atoms with Crippen molar-refractivity contribution in [2.45, 2.75) is 44.8 Å². The first-order valence-corrected chi connectivity index (χ1v) is 18.0. The smallest absolute Gasteiger partial charge is 0.256 e. The van der Waals surface area contributed by atoms with Gasteiger partial charge in [-0.05, 0) is 49.1 Å². The maximum absolute atomic E-state index is 14.4. The van der Waals surface area contributed by atoms with Gasteiger partial charge in [-0.3, -0.25) is 9.59 Å². The van der Waals surface area contributed by atoms with Gasteiger partial charge in [0.1, 0.15) is 17.0 Å². The lowest BCUT2D eigenvalue weighted by atomic mass is 9.79. The number of carbonyl (C=O) groups is 2. The highest BCUT2D eigenvalue weighted by Gasteiger charge is 2.53. The number of hydrogen-bond acceptors (Lipinski definition) is 7. The molecule has 1 fully saturated rings. The molecule has 0 radical (unpaired) electrons. The van der Waals surface area contributed by atoms with E-state index in [0.717, 1.165) is 15.6 Å². The number of rotatable bonds is 14. The molecule has 12 heteroatoms. The number of nitrogens with zero attached hydrogens (tertiary/aromatic N) is 2. The lowest BCUT2D eigenvalue weighted by molar-refractivity contribution is -0.151. The number of ether oxygens (including phenoxy) is 2. The van der Waals surface area contributed by atoms with E-state index in [0.29, 0.717) is 47.0 Å². The number of sulfonamides is 1. The minimum absolute atomic E-state index is 0.0518. The molecule has 2 heterocycles. The van der Waals surface area contributed by atoms with Gasteiger partial charge in [-0.25, -0.2) is 13.1 Å². The van der Waals surface area contributed by atoms with Gasteiger partial charge in [0.2, 0.25) is 15.9 Å². The second-order valence-electron chi connectivity index (χ2n) is 11.3. The van der Waals surface area contributed by atoms with Crippen LogP contribution in [0.3, 0.4) is 0 Å². The molecule has 0 saturated carbocycles. The summed E-state index contributed by atoms with van der Waals surface area (Å²) in [5, 5.41) is 3.32. The number of benzene rings is 3. The van der Waals surface area contributed by atoms with Crippen LogP contribution in [0.2, 0.25) is 5.02 Å². The third kappa shape index (κ3) is 7.17. The summed E-state index contributed by atoms with van der Waals surface area (Å²) < 4.78 is 40.3. The highest BCUT2D eigenvalue weighted by atomic mass is 35.5. The van der Waals surface area contributed by atoms with Crippen molar-refractivity contribution in [2.24, 2.45) is 0 Å². The average Bonchev–Trinajstić information content (AvgIpc) is 3.48. The van der Waals surface area contributed by atoms with Crippen LogP contribution in [0.5, 0.6) is 11.5 Å². The SMILES string of the molecule is CCC1(C(=O)N(CCCS(=O)(=O)NCc2ccc(OC)cc2OC)Cc2ccc(Cl)cc2)CCN1C(=O)c1csc2ccccc12. The summed E-state index contributed by atoms with van der Waals surface area (Å²) in [5.74, 6) is 0.595. The molecule has 46 heavy (non-hydrogen) atoms. The Labute approximate surface area is 279 Å². The van der Waals surface area contributed by atoms with Gasteiger partial charge in [-0.2, -0.15) is 0 Å². The Balaban J connectivity index is 1.31. The summed E-state index contributed by atoms with van der Waals surface area (Å²) in [7, 11) is -0.620. The molecule has 9 nitrogen and oxygen atoms in total. The fourth-order valence-electron chi connectivity index (χ4n) is 5.88. The highest BCUT2D eigenvalue weighted by molar-refractivity contribution is 7.89. The van der Waals surface area contributed by atoms with Crippen LogP contribution >= 0.6 is 22.9 Å². The van der Waals surface area contributed by atoms with Crippen LogP contribution in [-0.2, 0) is 27.9 Å². The van der Waals surface area contributed by atoms with E-state index < -0.39 is 15.6 Å². The zero-order valence-corrected chi connectivity index (χ0v) is 28.5. The fourth-order valence-corrected chi connectivity index (χ4v) is 7.97. The molecule has 1 atom stereocenters. The first-order chi connectivity index (χ1) is 22.1. The van der Waals surface area contributed by atoms with E-state index in [1.807, 2.05) is 48.7 Å². The van der Waals surface area contributed by atoms with Crippen molar-refractivity contribution in [2.75, 3.05) is 33.1 Å². The van der Waals surface area contributed by atoms with Crippen molar-refractivity contribution in [3.05, 3.63) is 93.8 Å². The third-order valence-corrected chi connectivity index (χ3v) is 11.2. The van der Waals surface area contributed by atoms with E-state index in [4.69, 9.17) is 21.1 Å². The normalized spacial score (nSPS) is 16.2. The van der Waals surface area contributed by atoms with E-state index in [1.54, 1.807) is 47.2 Å². The zero-order chi connectivity index (χ0) is 32.9. The quantitative estimate of drug-likeness (QED) is 0.172. The largest absolute Gasteiger partial charge is 0.497 e. The molecule has 1 aliphatic rings. The van der Waals surface area contributed by atoms with Crippen LogP contribution in [0, 0.1) is 0 Å². The van der Waals surface area contributed by atoms with Gasteiger partial charge in [0.05, 0.1) is 25.5 Å². The van der Waals surface area contributed by atoms with Gasteiger partial charge in [-0.1, -0.05) is 54.9 Å². The summed E-state index contributed by atoms with van der Waals surface area (Å²) in [6.45, 7) is 2.91. The van der Waals surface area contributed by atoms with Crippen LogP contribution in [0.4, 0.5) is 0 Å². The molecule has 4 aromatic rings. The molecule has 1 unspecified atom stereocenters. The number of thiophene rings is 1. The Morgan fingerprint density at radius 3 is 2.50 bits per heavy atom. The number of likely N-dealkylation sites (tertiary alicyclic amines) is 1. The Morgan fingerprint density at radius 2 is 1.83 bits per heavy atom. The van der Waals surface area contributed by atoms with Crippen LogP contribution in [0.25, 0.3) is 10.1 Å². The molecule has 0 aliphatic carbocycles. The topological polar surface area (TPSA) is 105 Å². The van der Waals surface area contributed by atoms with Crippen molar-refractivity contribution in [3.63, 3.8) is 0 Å². The first kappa shape index (κ1) is 33.7. The van der Waals surface area contributed by atoms with Crippen molar-refractivity contribution in [1.82, 2.24) is 14.5 Å². The molecule has 5 rings (SSSR count). The Morgan fingerprint density at radius 1 is 1.07 bits per heavy atom. The lowest BCUT2D eigenvalue weighted by Crippen LogP contribution is -2.69. The van der Waals surface area contributed by atoms with Gasteiger partial charge in [0.15, 0.2) is 0 Å². The standard InChI is InChI=1S/C34H38ClN3O6S2/c1-4-34(16-18-38(34)32(39)29-23-45-31-9-6-5-8-28(29)31)33(40)37(22-24-10-13-26(35)14-11-24)17-7-19-46(41,42)36-21-25-12-15-27(43-2)20-30(25)44-3/h5-6,8-15,20,23,36H,4,7,16-19,21-22H2,1-3H3. The molecule has 1 aliphatic heterocycles. The molecule has 1 aromatic heterocycles. The Kier molecular flexibility index (Phi) is 10.6. The summed E-state index contributed by atoms with van der Waals surface area (Å²) in [5.41, 5.74) is 1.12. The maximum atomic E-state index is 14.4. The van der Waals surface area contributed by atoms with Crippen molar-refractivity contribution >= 4 is 54.9 Å². The number of amides is 2. The summed E-state index contributed by atoms with van der Waals surface area (Å²) >= 11 is 7.62. The summed E-state index contributed by atoms with van der Waals surface area (Å²) in [4.78, 5) is 31.6. The second-order valence-corrected chi connectivity index (χ2v) is 14.5. The number of hydrogen-bond donors (Lipinski definition) is 1. The number of carbonyl (C=O) groups excluding carboxylic acids is 2. The van der Waals surface area contributed by atoms with Crippen molar-refractivity contribution < 1.29 is 27.5 Å². The van der Waals surface area contributed by atoms with E-state index in [2.05, 4.69) is 4.72 Å². The van der Waals surface area contributed by atoms with Gasteiger partial charge in [0, 0.05) is 58.3 Å². The van der Waals surface area contributed by atoms with Gasteiger partial charge in [-0.15, -0.1) is 11.3 Å². The van der Waals surface area contributed by atoms with E-state index in [-0.39, 0.29) is 43.6 Å². The Bertz CT molecular complexity index is 1810. The maximum Gasteiger partial charge on any atom is 0.256 e. The lowest BCUT2D eigenvalue weighted by Gasteiger charge is -2.52. The highest BCUT2D eigenvalue weighted by Crippen LogP contribution is 2.39. The zero-order valence-electron chi connectivity index (χ0n) is 26.1. The van der Waals surface area contributed by atoms with Crippen molar-refractivity contribution in [1.29, 1.82) is 0 Å². The van der Waals surface area contributed by atoms with Crippen LogP contribution < -0.4 is 14.2 Å². The first-order valence-electron chi connectivity index (χ1n) is 15.1. The molecule has 2 amide bonds. The minimum Gasteiger partial charge on any atom is -0.497 e. The van der Waals surface area contributed by atoms with Gasteiger partial charge < -0.3 is 19.3 Å². The van der Waals surface area contributed by atoms with E-state index in [9.17, 15) is 18.0 Å². The predicted octanol–water partition coefficient (Wildman–Crippen LogP) is 6.11. The summed E-state index contributed by atoms with van der Waals surface area (Å²) in [6, 6.07) is 20.2. The molecule has 1 saturated heterocycles. The van der Waals surface area contributed by atoms with E-state index >= 15 is 0 Å². The molecule has 3 aromatic carbocycles. The van der Waals surface area contributed by atoms with E-state index in [1.165, 1.54) is 18.4 Å². The van der Waals surface area contributed by atoms with Crippen molar-refractivity contribution in [3.8, 4) is 11.5 Å². The number of nitrogens with one attached hydrogen (secondary N) is 1. The number of methoxy groups -OCH3 is 2. The number of halogens is 1. The predicted molar refractivity (Wildman–Crippen MR) is 182 cm³/mol. The molecular weight excluding hydrogens is 646 g/mol. The second kappa shape index (κ2) is 14.4. The monoisotopic (exact) mass is 683 g/mol. The molecule has 1 N–H and O–H groups in total. The average molecular weight is 684 g/mol.